The molecular weight excluding hydrogens is 380 g/mol. The zero-order valence-electron chi connectivity index (χ0n) is 14.8. The van der Waals surface area contributed by atoms with E-state index < -0.39 is 30.4 Å². The molecule has 3 aromatic rings. The maximum Gasteiger partial charge on any atom is 0.389 e. The van der Waals surface area contributed by atoms with Crippen molar-refractivity contribution in [1.29, 1.82) is 0 Å². The van der Waals surface area contributed by atoms with Crippen molar-refractivity contribution in [3.05, 3.63) is 58.0 Å². The molecule has 0 radical (unpaired) electrons. The Morgan fingerprint density at radius 2 is 2.04 bits per heavy atom. The van der Waals surface area contributed by atoms with Crippen LogP contribution in [-0.2, 0) is 24.8 Å². The lowest BCUT2D eigenvalue weighted by molar-refractivity contribution is -0.133. The Bertz CT molecular complexity index is 1090. The SMILES string of the molecule is Cn1c(Cn2cccc(NC=O)c2=O)nc2c(CCC(F)(F)F)cc(F)cc21. The summed E-state index contributed by atoms with van der Waals surface area (Å²) in [5.74, 6) is -0.298. The maximum absolute atomic E-state index is 13.9. The molecule has 6 nitrogen and oxygen atoms in total. The molecule has 2 aromatic heterocycles. The van der Waals surface area contributed by atoms with E-state index in [-0.39, 0.29) is 23.3 Å². The van der Waals surface area contributed by atoms with Gasteiger partial charge < -0.3 is 14.5 Å². The van der Waals surface area contributed by atoms with E-state index in [1.54, 1.807) is 13.1 Å². The Labute approximate surface area is 156 Å². The van der Waals surface area contributed by atoms with Gasteiger partial charge in [0.1, 0.15) is 17.3 Å². The van der Waals surface area contributed by atoms with Crippen molar-refractivity contribution in [2.45, 2.75) is 25.6 Å². The highest BCUT2D eigenvalue weighted by atomic mass is 19.4. The number of aryl methyl sites for hydroxylation is 2. The van der Waals surface area contributed by atoms with Crippen molar-refractivity contribution in [3.8, 4) is 0 Å². The second kappa shape index (κ2) is 7.45. The highest BCUT2D eigenvalue weighted by Crippen LogP contribution is 2.27. The third kappa shape index (κ3) is 4.05. The second-order valence-corrected chi connectivity index (χ2v) is 6.25. The van der Waals surface area contributed by atoms with E-state index in [9.17, 15) is 27.2 Å². The van der Waals surface area contributed by atoms with Crippen molar-refractivity contribution >= 4 is 23.1 Å². The lowest BCUT2D eigenvalue weighted by Crippen LogP contribution is -2.24. The summed E-state index contributed by atoms with van der Waals surface area (Å²) >= 11 is 0. The molecule has 0 aliphatic carbocycles. The molecule has 0 spiro atoms. The number of halogens is 4. The van der Waals surface area contributed by atoms with Crippen molar-refractivity contribution in [2.75, 3.05) is 5.32 Å². The number of hydrogen-bond acceptors (Lipinski definition) is 3. The number of carbonyl (C=O) groups is 1. The maximum atomic E-state index is 13.9. The van der Waals surface area contributed by atoms with Crippen LogP contribution in [-0.4, -0.2) is 26.7 Å². The topological polar surface area (TPSA) is 68.9 Å². The minimum atomic E-state index is -4.37. The van der Waals surface area contributed by atoms with E-state index in [2.05, 4.69) is 10.3 Å². The van der Waals surface area contributed by atoms with Crippen molar-refractivity contribution < 1.29 is 22.4 Å². The standard InChI is InChI=1S/C18H16F4N4O2/c1-25-14-8-12(19)7-11(4-5-18(20,21)22)16(14)24-15(25)9-26-6-2-3-13(17(26)28)23-10-27/h2-3,6-8,10H,4-5,9H2,1H3,(H,23,27). The van der Waals surface area contributed by atoms with Gasteiger partial charge in [0.15, 0.2) is 0 Å². The quantitative estimate of drug-likeness (QED) is 0.515. The first kappa shape index (κ1) is 19.6. The molecule has 0 atom stereocenters. The van der Waals surface area contributed by atoms with Gasteiger partial charge in [0, 0.05) is 19.7 Å². The Balaban J connectivity index is 2.02. The minimum Gasteiger partial charge on any atom is -0.330 e. The first-order chi connectivity index (χ1) is 13.2. The van der Waals surface area contributed by atoms with E-state index in [0.29, 0.717) is 17.8 Å². The molecule has 0 fully saturated rings. The van der Waals surface area contributed by atoms with Crippen LogP contribution < -0.4 is 10.9 Å². The zero-order chi connectivity index (χ0) is 20.5. The third-order valence-electron chi connectivity index (χ3n) is 4.35. The number of imidazole rings is 1. The number of pyridine rings is 1. The van der Waals surface area contributed by atoms with Crippen LogP contribution >= 0.6 is 0 Å². The Morgan fingerprint density at radius 1 is 1.29 bits per heavy atom. The lowest BCUT2D eigenvalue weighted by atomic mass is 10.1. The normalized spacial score (nSPS) is 11.8. The number of nitrogens with zero attached hydrogens (tertiary/aromatic N) is 3. The van der Waals surface area contributed by atoms with Gasteiger partial charge >= 0.3 is 6.18 Å². The highest BCUT2D eigenvalue weighted by molar-refractivity contribution is 5.80. The van der Waals surface area contributed by atoms with Crippen LogP contribution in [0.3, 0.4) is 0 Å². The molecule has 0 aliphatic rings. The zero-order valence-corrected chi connectivity index (χ0v) is 14.8. The fourth-order valence-corrected chi connectivity index (χ4v) is 2.96. The summed E-state index contributed by atoms with van der Waals surface area (Å²) in [7, 11) is 1.59. The molecule has 0 unspecified atom stereocenters. The molecule has 0 aliphatic heterocycles. The van der Waals surface area contributed by atoms with Gasteiger partial charge in [-0.2, -0.15) is 13.2 Å². The number of anilines is 1. The van der Waals surface area contributed by atoms with Crippen LogP contribution in [0.25, 0.3) is 11.0 Å². The van der Waals surface area contributed by atoms with Gasteiger partial charge in [0.05, 0.1) is 17.6 Å². The van der Waals surface area contributed by atoms with Gasteiger partial charge in [-0.1, -0.05) is 0 Å². The summed E-state index contributed by atoms with van der Waals surface area (Å²) in [5, 5.41) is 2.29. The number of nitrogens with one attached hydrogen (secondary N) is 1. The molecule has 28 heavy (non-hydrogen) atoms. The highest BCUT2D eigenvalue weighted by Gasteiger charge is 2.27. The summed E-state index contributed by atoms with van der Waals surface area (Å²) in [5.41, 5.74) is 0.358. The molecule has 0 saturated heterocycles. The van der Waals surface area contributed by atoms with E-state index in [1.807, 2.05) is 0 Å². The number of alkyl halides is 3. The van der Waals surface area contributed by atoms with Gasteiger partial charge in [-0.15, -0.1) is 0 Å². The van der Waals surface area contributed by atoms with Gasteiger partial charge in [-0.3, -0.25) is 9.59 Å². The van der Waals surface area contributed by atoms with Crippen LogP contribution in [0, 0.1) is 5.82 Å². The van der Waals surface area contributed by atoms with Gasteiger partial charge in [0.2, 0.25) is 6.41 Å². The van der Waals surface area contributed by atoms with Crippen LogP contribution in [0.4, 0.5) is 23.2 Å². The molecule has 10 heteroatoms. The largest absolute Gasteiger partial charge is 0.389 e. The summed E-state index contributed by atoms with van der Waals surface area (Å²) in [6.45, 7) is -0.00127. The molecule has 1 aromatic carbocycles. The van der Waals surface area contributed by atoms with Gasteiger partial charge in [-0.05, 0) is 36.2 Å². The Kier molecular flexibility index (Phi) is 5.21. The minimum absolute atomic E-state index is 0.00127. The average Bonchev–Trinajstić information content (AvgIpc) is 2.92. The third-order valence-corrected chi connectivity index (χ3v) is 4.35. The summed E-state index contributed by atoms with van der Waals surface area (Å²) in [6.07, 6.45) is -3.98. The predicted octanol–water partition coefficient (Wildman–Crippen LogP) is 2.99. The Morgan fingerprint density at radius 3 is 2.71 bits per heavy atom. The van der Waals surface area contributed by atoms with Gasteiger partial charge in [-0.25, -0.2) is 9.37 Å². The first-order valence-electron chi connectivity index (χ1n) is 8.29. The number of carbonyl (C=O) groups excluding carboxylic acids is 1. The first-order valence-corrected chi connectivity index (χ1v) is 8.29. The number of hydrogen-bond donors (Lipinski definition) is 1. The monoisotopic (exact) mass is 396 g/mol. The number of benzene rings is 1. The number of aromatic nitrogens is 3. The second-order valence-electron chi connectivity index (χ2n) is 6.25. The summed E-state index contributed by atoms with van der Waals surface area (Å²) in [6, 6.07) is 5.23. The van der Waals surface area contributed by atoms with E-state index in [4.69, 9.17) is 0 Å². The van der Waals surface area contributed by atoms with Gasteiger partial charge in [0.25, 0.3) is 5.56 Å². The molecule has 0 saturated carbocycles. The lowest BCUT2D eigenvalue weighted by Gasteiger charge is -2.08. The van der Waals surface area contributed by atoms with Crippen LogP contribution in [0.15, 0.2) is 35.3 Å². The molecule has 1 amide bonds. The van der Waals surface area contributed by atoms with Crippen molar-refractivity contribution in [1.82, 2.24) is 14.1 Å². The summed E-state index contributed by atoms with van der Waals surface area (Å²) < 4.78 is 54.4. The number of fused-ring (bicyclic) bond motifs is 1. The molecule has 3 rings (SSSR count). The molecular formula is C18H16F4N4O2. The fourth-order valence-electron chi connectivity index (χ4n) is 2.96. The van der Waals surface area contributed by atoms with Crippen LogP contribution in [0.1, 0.15) is 17.8 Å². The van der Waals surface area contributed by atoms with Crippen LogP contribution in [0.2, 0.25) is 0 Å². The summed E-state index contributed by atoms with van der Waals surface area (Å²) in [4.78, 5) is 27.3. The molecule has 148 valence electrons. The van der Waals surface area contributed by atoms with E-state index in [1.165, 1.54) is 27.5 Å². The molecule has 1 N–H and O–H groups in total. The van der Waals surface area contributed by atoms with Crippen molar-refractivity contribution in [3.63, 3.8) is 0 Å². The average molecular weight is 396 g/mol. The predicted molar refractivity (Wildman–Crippen MR) is 94.5 cm³/mol. The molecule has 2 heterocycles. The van der Waals surface area contributed by atoms with E-state index in [0.717, 1.165) is 6.07 Å². The van der Waals surface area contributed by atoms with Crippen LogP contribution in [0.5, 0.6) is 0 Å². The smallest absolute Gasteiger partial charge is 0.330 e. The van der Waals surface area contributed by atoms with E-state index >= 15 is 0 Å². The number of rotatable bonds is 6. The fraction of sp³-hybridized carbons (Fsp3) is 0.278. The van der Waals surface area contributed by atoms with Crippen molar-refractivity contribution in [2.24, 2.45) is 7.05 Å². The molecule has 0 bridgehead atoms. The number of amides is 1. The Hall–Kier alpha value is -3.17.